The summed E-state index contributed by atoms with van der Waals surface area (Å²) in [4.78, 5) is 0. The van der Waals surface area contributed by atoms with Crippen LogP contribution in [-0.4, -0.2) is 5.33 Å². The normalized spacial score (nSPS) is 23.9. The lowest BCUT2D eigenvalue weighted by Crippen LogP contribution is -1.73. The molecule has 0 fully saturated rings. The third kappa shape index (κ3) is 6.48. The van der Waals surface area contributed by atoms with Crippen molar-refractivity contribution < 1.29 is 6.85 Å². The quantitative estimate of drug-likeness (QED) is 0.449. The molecule has 0 bridgehead atoms. The van der Waals surface area contributed by atoms with Crippen LogP contribution >= 0.6 is 15.9 Å². The molecule has 44 valence electrons. The number of halogens is 1. The molecule has 0 spiro atoms. The standard InChI is InChI=1S/C6H13Br/c1-2-3-4-5-6-7/h2-6H2,1H3/i1D3,2D2. The van der Waals surface area contributed by atoms with E-state index in [-0.39, 0.29) is 6.42 Å². The maximum atomic E-state index is 7.24. The van der Waals surface area contributed by atoms with Crippen molar-refractivity contribution in [2.24, 2.45) is 0 Å². The van der Waals surface area contributed by atoms with Crippen molar-refractivity contribution in [3.05, 3.63) is 0 Å². The first-order chi connectivity index (χ1) is 5.31. The Kier molecular flexibility index (Phi) is 2.21. The Labute approximate surface area is 61.5 Å². The van der Waals surface area contributed by atoms with Crippen LogP contribution in [0.3, 0.4) is 0 Å². The maximum absolute atomic E-state index is 7.24. The van der Waals surface area contributed by atoms with Gasteiger partial charge in [-0.1, -0.05) is 42.0 Å². The van der Waals surface area contributed by atoms with E-state index >= 15 is 0 Å². The molecule has 0 saturated heterocycles. The molecule has 0 amide bonds. The summed E-state index contributed by atoms with van der Waals surface area (Å²) in [7, 11) is 0. The number of hydrogen-bond acceptors (Lipinski definition) is 0. The molecule has 0 rings (SSSR count). The zero-order chi connectivity index (χ0) is 9.83. The highest BCUT2D eigenvalue weighted by Crippen LogP contribution is 1.99. The van der Waals surface area contributed by atoms with E-state index in [0.717, 1.165) is 11.8 Å². The second kappa shape index (κ2) is 6.48. The Balaban J connectivity index is 3.88. The Morgan fingerprint density at radius 1 is 1.57 bits per heavy atom. The van der Waals surface area contributed by atoms with Crippen LogP contribution in [0, 0.1) is 0 Å². The zero-order valence-corrected chi connectivity index (χ0v) is 5.79. The monoisotopic (exact) mass is 169 g/mol. The van der Waals surface area contributed by atoms with Gasteiger partial charge in [0.05, 0.1) is 0 Å². The molecule has 0 atom stereocenters. The van der Waals surface area contributed by atoms with Gasteiger partial charge in [0.2, 0.25) is 0 Å². The van der Waals surface area contributed by atoms with Crippen LogP contribution in [0.1, 0.15) is 39.3 Å². The van der Waals surface area contributed by atoms with Crippen molar-refractivity contribution in [1.82, 2.24) is 0 Å². The fourth-order valence-electron chi connectivity index (χ4n) is 0.308. The van der Waals surface area contributed by atoms with E-state index in [4.69, 9.17) is 6.85 Å². The molecule has 0 aromatic heterocycles. The van der Waals surface area contributed by atoms with Crippen molar-refractivity contribution in [2.75, 3.05) is 5.33 Å². The van der Waals surface area contributed by atoms with E-state index in [1.165, 1.54) is 0 Å². The minimum Gasteiger partial charge on any atom is -0.0928 e. The van der Waals surface area contributed by atoms with Gasteiger partial charge in [-0.3, -0.25) is 0 Å². The summed E-state index contributed by atoms with van der Waals surface area (Å²) in [5, 5.41) is 0.796. The van der Waals surface area contributed by atoms with Crippen molar-refractivity contribution in [3.8, 4) is 0 Å². The largest absolute Gasteiger partial charge is 0.0928 e. The van der Waals surface area contributed by atoms with E-state index in [0.29, 0.717) is 6.42 Å². The van der Waals surface area contributed by atoms with Crippen LogP contribution in [-0.2, 0) is 0 Å². The maximum Gasteiger partial charge on any atom is 0.0264 e. The summed E-state index contributed by atoms with van der Waals surface area (Å²) in [6, 6.07) is 0. The molecular formula is C6H13Br. The van der Waals surface area contributed by atoms with Crippen LogP contribution < -0.4 is 0 Å². The van der Waals surface area contributed by atoms with Gasteiger partial charge in [-0.15, -0.1) is 0 Å². The lowest BCUT2D eigenvalue weighted by Gasteiger charge is -1.89. The summed E-state index contributed by atoms with van der Waals surface area (Å²) in [5.74, 6) is 0. The highest BCUT2D eigenvalue weighted by atomic mass is 79.9. The predicted molar refractivity (Wildman–Crippen MR) is 37.9 cm³/mol. The van der Waals surface area contributed by atoms with Crippen molar-refractivity contribution in [1.29, 1.82) is 0 Å². The van der Waals surface area contributed by atoms with Gasteiger partial charge in [0, 0.05) is 12.2 Å². The molecule has 0 N–H and O–H groups in total. The lowest BCUT2D eigenvalue weighted by molar-refractivity contribution is 0.708. The van der Waals surface area contributed by atoms with E-state index in [1.54, 1.807) is 0 Å². The number of alkyl halides is 1. The van der Waals surface area contributed by atoms with E-state index < -0.39 is 13.2 Å². The molecule has 1 heteroatoms. The SMILES string of the molecule is [2H]C([2H])([2H])C([2H])([2H])CCCCBr. The van der Waals surface area contributed by atoms with Gasteiger partial charge in [-0.25, -0.2) is 0 Å². The zero-order valence-electron chi connectivity index (χ0n) is 9.21. The van der Waals surface area contributed by atoms with E-state index in [9.17, 15) is 0 Å². The molecule has 0 aliphatic rings. The summed E-state index contributed by atoms with van der Waals surface area (Å²) in [6.45, 7) is -2.49. The average Bonchev–Trinajstić information content (AvgIpc) is 1.85. The van der Waals surface area contributed by atoms with Gasteiger partial charge < -0.3 is 0 Å². The molecule has 0 radical (unpaired) electrons. The van der Waals surface area contributed by atoms with E-state index in [1.807, 2.05) is 0 Å². The number of unbranched alkanes of at least 4 members (excludes halogenated alkanes) is 1. The summed E-state index contributed by atoms with van der Waals surface area (Å²) >= 11 is 3.20. The topological polar surface area (TPSA) is 0 Å². The molecule has 0 unspecified atom stereocenters. The molecule has 7 heavy (non-hydrogen) atoms. The average molecular weight is 170 g/mol. The second-order valence-electron chi connectivity index (χ2n) is 1.32. The number of rotatable bonds is 4. The van der Waals surface area contributed by atoms with Gasteiger partial charge in [-0.05, 0) is 6.42 Å². The summed E-state index contributed by atoms with van der Waals surface area (Å²) < 4.78 is 35.2. The first-order valence-corrected chi connectivity index (χ1v) is 3.49. The first kappa shape index (κ1) is 2.38. The fraction of sp³-hybridized carbons (Fsp3) is 1.00. The van der Waals surface area contributed by atoms with Crippen LogP contribution in [0.15, 0.2) is 0 Å². The molecule has 0 aliphatic carbocycles. The third-order valence-electron chi connectivity index (χ3n) is 0.685. The Hall–Kier alpha value is 0.480. The molecule has 0 heterocycles. The van der Waals surface area contributed by atoms with Crippen LogP contribution in [0.25, 0.3) is 0 Å². The minimum atomic E-state index is -2.49. The fourth-order valence-corrected chi connectivity index (χ4v) is 0.704. The molecular weight excluding hydrogens is 152 g/mol. The van der Waals surface area contributed by atoms with Crippen LogP contribution in [0.2, 0.25) is 0 Å². The van der Waals surface area contributed by atoms with Crippen molar-refractivity contribution in [2.45, 2.75) is 32.5 Å². The highest BCUT2D eigenvalue weighted by molar-refractivity contribution is 9.09. The molecule has 0 aromatic rings. The van der Waals surface area contributed by atoms with Gasteiger partial charge >= 0.3 is 0 Å². The molecule has 0 aromatic carbocycles. The first-order valence-electron chi connectivity index (χ1n) is 4.87. The summed E-state index contributed by atoms with van der Waals surface area (Å²) in [6.07, 6.45) is -0.503. The number of hydrogen-bond donors (Lipinski definition) is 0. The lowest BCUT2D eigenvalue weighted by atomic mass is 10.2. The second-order valence-corrected chi connectivity index (χ2v) is 2.12. The molecule has 0 nitrogen and oxygen atoms in total. The highest BCUT2D eigenvalue weighted by Gasteiger charge is 1.81. The van der Waals surface area contributed by atoms with Gasteiger partial charge in [0.15, 0.2) is 0 Å². The molecule has 0 saturated carbocycles. The predicted octanol–water partition coefficient (Wildman–Crippen LogP) is 2.96. The van der Waals surface area contributed by atoms with Gasteiger partial charge in [0.1, 0.15) is 0 Å². The van der Waals surface area contributed by atoms with Crippen molar-refractivity contribution >= 4 is 15.9 Å². The van der Waals surface area contributed by atoms with Gasteiger partial charge in [-0.2, -0.15) is 0 Å². The van der Waals surface area contributed by atoms with Crippen LogP contribution in [0.4, 0.5) is 0 Å². The Bertz CT molecular complexity index is 130. The van der Waals surface area contributed by atoms with E-state index in [2.05, 4.69) is 15.9 Å². The smallest absolute Gasteiger partial charge is 0.0264 e. The summed E-state index contributed by atoms with van der Waals surface area (Å²) in [5.41, 5.74) is 0. The van der Waals surface area contributed by atoms with Crippen LogP contribution in [0.5, 0.6) is 0 Å². The molecule has 0 aliphatic heterocycles. The van der Waals surface area contributed by atoms with Gasteiger partial charge in [0.25, 0.3) is 0 Å². The third-order valence-corrected chi connectivity index (χ3v) is 1.25. The Morgan fingerprint density at radius 2 is 2.43 bits per heavy atom. The van der Waals surface area contributed by atoms with Crippen molar-refractivity contribution in [3.63, 3.8) is 0 Å². The minimum absolute atomic E-state index is 0.106. The Morgan fingerprint density at radius 3 is 3.00 bits per heavy atom.